The smallest absolute Gasteiger partial charge is 0.326 e. The summed E-state index contributed by atoms with van der Waals surface area (Å²) in [4.78, 5) is 59.6. The summed E-state index contributed by atoms with van der Waals surface area (Å²) in [5.74, 6) is -4.88. The average Bonchev–Trinajstić information content (AvgIpc) is 3.07. The van der Waals surface area contributed by atoms with E-state index in [9.17, 15) is 34.2 Å². The number of carbonyl (C=O) groups is 5. The normalized spacial score (nSPS) is 20.6. The molecule has 0 bridgehead atoms. The highest BCUT2D eigenvalue weighted by atomic mass is 16.4. The van der Waals surface area contributed by atoms with Gasteiger partial charge in [-0.05, 0) is 26.7 Å². The molecule has 158 valence electrons. The van der Waals surface area contributed by atoms with E-state index in [0.717, 1.165) is 4.90 Å². The Balaban J connectivity index is 2.76. The second-order valence-corrected chi connectivity index (χ2v) is 6.69. The van der Waals surface area contributed by atoms with Crippen LogP contribution in [0.1, 0.15) is 33.1 Å². The number of aliphatic carboxylic acids is 2. The van der Waals surface area contributed by atoms with E-state index >= 15 is 0 Å². The van der Waals surface area contributed by atoms with Crippen LogP contribution < -0.4 is 16.4 Å². The quantitative estimate of drug-likeness (QED) is 0.236. The van der Waals surface area contributed by atoms with Gasteiger partial charge in [0.25, 0.3) is 0 Å². The Morgan fingerprint density at radius 1 is 1.11 bits per heavy atom. The van der Waals surface area contributed by atoms with Gasteiger partial charge in [-0.15, -0.1) is 0 Å². The number of aliphatic hydroxyl groups is 1. The van der Waals surface area contributed by atoms with Crippen LogP contribution in [0.5, 0.6) is 0 Å². The van der Waals surface area contributed by atoms with Crippen molar-refractivity contribution in [1.82, 2.24) is 15.5 Å². The number of amides is 3. The predicted octanol–water partition coefficient (Wildman–Crippen LogP) is -2.77. The van der Waals surface area contributed by atoms with Crippen molar-refractivity contribution < 1.29 is 39.3 Å². The molecule has 1 rings (SSSR count). The molecule has 1 fully saturated rings. The molecule has 1 aliphatic rings. The number of rotatable bonds is 9. The van der Waals surface area contributed by atoms with Crippen molar-refractivity contribution in [3.05, 3.63) is 0 Å². The highest BCUT2D eigenvalue weighted by Crippen LogP contribution is 2.19. The molecule has 3 amide bonds. The van der Waals surface area contributed by atoms with Gasteiger partial charge in [0.05, 0.1) is 18.6 Å². The van der Waals surface area contributed by atoms with Crippen LogP contribution in [0.15, 0.2) is 0 Å². The molecule has 0 radical (unpaired) electrons. The molecule has 28 heavy (non-hydrogen) atoms. The summed E-state index contributed by atoms with van der Waals surface area (Å²) in [6, 6.07) is -4.96. The molecule has 0 saturated carbocycles. The van der Waals surface area contributed by atoms with Crippen LogP contribution in [0.2, 0.25) is 0 Å². The van der Waals surface area contributed by atoms with Crippen molar-refractivity contribution in [3.8, 4) is 0 Å². The maximum absolute atomic E-state index is 12.6. The zero-order valence-electron chi connectivity index (χ0n) is 15.6. The minimum atomic E-state index is -1.40. The third kappa shape index (κ3) is 6.16. The Bertz CT molecular complexity index is 638. The molecule has 1 heterocycles. The number of carbonyl (C=O) groups excluding carboxylic acids is 3. The number of carboxylic acid groups (broad SMARTS) is 2. The standard InChI is InChI=1S/C16H26N4O8/c1-7(18-14(25)9(17)6-11(22)23)13(24)19-12(8(2)21)15(26)20-5-3-4-10(20)16(27)28/h7-10,12,21H,3-6,17H2,1-2H3,(H,18,25)(H,19,24)(H,22,23)(H,27,28). The lowest BCUT2D eigenvalue weighted by Gasteiger charge is -2.29. The molecule has 0 spiro atoms. The molecule has 1 saturated heterocycles. The van der Waals surface area contributed by atoms with Crippen molar-refractivity contribution in [1.29, 1.82) is 0 Å². The van der Waals surface area contributed by atoms with Gasteiger partial charge in [0.2, 0.25) is 17.7 Å². The maximum atomic E-state index is 12.6. The van der Waals surface area contributed by atoms with Gasteiger partial charge >= 0.3 is 11.9 Å². The molecule has 0 aromatic carbocycles. The van der Waals surface area contributed by atoms with Crippen LogP contribution in [0.4, 0.5) is 0 Å². The summed E-state index contributed by atoms with van der Waals surface area (Å²) in [5, 5.41) is 32.2. The summed E-state index contributed by atoms with van der Waals surface area (Å²) >= 11 is 0. The van der Waals surface area contributed by atoms with E-state index in [-0.39, 0.29) is 13.0 Å². The third-order valence-corrected chi connectivity index (χ3v) is 4.35. The molecular weight excluding hydrogens is 376 g/mol. The van der Waals surface area contributed by atoms with E-state index in [0.29, 0.717) is 6.42 Å². The number of hydrogen-bond donors (Lipinski definition) is 6. The molecule has 12 heteroatoms. The third-order valence-electron chi connectivity index (χ3n) is 4.35. The molecule has 7 N–H and O–H groups in total. The van der Waals surface area contributed by atoms with Crippen LogP contribution in [0.25, 0.3) is 0 Å². The number of nitrogens with two attached hydrogens (primary N) is 1. The van der Waals surface area contributed by atoms with E-state index in [1.807, 2.05) is 0 Å². The van der Waals surface area contributed by atoms with Crippen LogP contribution in [-0.4, -0.2) is 86.7 Å². The maximum Gasteiger partial charge on any atom is 0.326 e. The van der Waals surface area contributed by atoms with E-state index in [1.165, 1.54) is 13.8 Å². The number of carboxylic acids is 2. The second kappa shape index (κ2) is 9.99. The Morgan fingerprint density at radius 3 is 2.21 bits per heavy atom. The summed E-state index contributed by atoms with van der Waals surface area (Å²) < 4.78 is 0. The van der Waals surface area contributed by atoms with E-state index in [2.05, 4.69) is 10.6 Å². The summed E-state index contributed by atoms with van der Waals surface area (Å²) in [6.07, 6.45) is -1.18. The highest BCUT2D eigenvalue weighted by molar-refractivity contribution is 5.94. The van der Waals surface area contributed by atoms with Gasteiger partial charge in [0.15, 0.2) is 0 Å². The van der Waals surface area contributed by atoms with E-state index < -0.39 is 66.4 Å². The number of nitrogens with one attached hydrogen (secondary N) is 2. The fourth-order valence-corrected chi connectivity index (χ4v) is 2.80. The Kier molecular flexibility index (Phi) is 8.32. The van der Waals surface area contributed by atoms with Crippen LogP contribution in [-0.2, 0) is 24.0 Å². The SMILES string of the molecule is CC(NC(=O)C(N)CC(=O)O)C(=O)NC(C(=O)N1CCCC1C(=O)O)C(C)O. The fourth-order valence-electron chi connectivity index (χ4n) is 2.80. The Labute approximate surface area is 161 Å². The first kappa shape index (κ1) is 23.3. The molecule has 0 aliphatic carbocycles. The van der Waals surface area contributed by atoms with E-state index in [1.54, 1.807) is 0 Å². The van der Waals surface area contributed by atoms with Crippen LogP contribution in [0.3, 0.4) is 0 Å². The fraction of sp³-hybridized carbons (Fsp3) is 0.688. The Hall–Kier alpha value is -2.73. The van der Waals surface area contributed by atoms with Gasteiger partial charge in [-0.2, -0.15) is 0 Å². The molecule has 12 nitrogen and oxygen atoms in total. The number of likely N-dealkylation sites (tertiary alicyclic amines) is 1. The van der Waals surface area contributed by atoms with Crippen LogP contribution in [0, 0.1) is 0 Å². The molecule has 5 unspecified atom stereocenters. The first-order valence-electron chi connectivity index (χ1n) is 8.75. The molecule has 1 aliphatic heterocycles. The van der Waals surface area contributed by atoms with Gasteiger partial charge in [-0.1, -0.05) is 0 Å². The van der Waals surface area contributed by atoms with Crippen molar-refractivity contribution >= 4 is 29.7 Å². The zero-order chi connectivity index (χ0) is 21.6. The summed E-state index contributed by atoms with van der Waals surface area (Å²) in [5.41, 5.74) is 5.41. The summed E-state index contributed by atoms with van der Waals surface area (Å²) in [6.45, 7) is 2.74. The first-order valence-corrected chi connectivity index (χ1v) is 8.75. The largest absolute Gasteiger partial charge is 0.481 e. The minimum Gasteiger partial charge on any atom is -0.481 e. The lowest BCUT2D eigenvalue weighted by molar-refractivity contribution is -0.150. The van der Waals surface area contributed by atoms with Gasteiger partial charge in [0, 0.05) is 6.54 Å². The van der Waals surface area contributed by atoms with Crippen molar-refractivity contribution in [2.45, 2.75) is 63.4 Å². The predicted molar refractivity (Wildman–Crippen MR) is 93.8 cm³/mol. The second-order valence-electron chi connectivity index (χ2n) is 6.69. The summed E-state index contributed by atoms with van der Waals surface area (Å²) in [7, 11) is 0. The van der Waals surface area contributed by atoms with Crippen molar-refractivity contribution in [2.75, 3.05) is 6.54 Å². The van der Waals surface area contributed by atoms with E-state index in [4.69, 9.17) is 10.8 Å². The average molecular weight is 402 g/mol. The highest BCUT2D eigenvalue weighted by Gasteiger charge is 2.39. The monoisotopic (exact) mass is 402 g/mol. The molecule has 0 aromatic heterocycles. The van der Waals surface area contributed by atoms with Crippen molar-refractivity contribution in [3.63, 3.8) is 0 Å². The Morgan fingerprint density at radius 2 is 1.71 bits per heavy atom. The van der Waals surface area contributed by atoms with Crippen molar-refractivity contribution in [2.24, 2.45) is 5.73 Å². The van der Waals surface area contributed by atoms with Gasteiger partial charge in [0.1, 0.15) is 18.1 Å². The number of hydrogen-bond acceptors (Lipinski definition) is 7. The number of nitrogens with zero attached hydrogens (tertiary/aromatic N) is 1. The first-order chi connectivity index (χ1) is 13.0. The molecule has 5 atom stereocenters. The topological polar surface area (TPSA) is 199 Å². The zero-order valence-corrected chi connectivity index (χ0v) is 15.6. The van der Waals surface area contributed by atoms with Gasteiger partial charge in [-0.3, -0.25) is 19.2 Å². The van der Waals surface area contributed by atoms with Gasteiger partial charge < -0.3 is 36.6 Å². The van der Waals surface area contributed by atoms with Crippen LogP contribution >= 0.6 is 0 Å². The van der Waals surface area contributed by atoms with Gasteiger partial charge in [-0.25, -0.2) is 4.79 Å². The number of aliphatic hydroxyl groups excluding tert-OH is 1. The minimum absolute atomic E-state index is 0.186. The lowest BCUT2D eigenvalue weighted by Crippen LogP contribution is -2.59. The molecule has 0 aromatic rings. The lowest BCUT2D eigenvalue weighted by atomic mass is 10.1. The molecular formula is C16H26N4O8.